The van der Waals surface area contributed by atoms with Crippen molar-refractivity contribution < 1.29 is 9.31 Å². The Morgan fingerprint density at radius 2 is 2.24 bits per heavy atom. The van der Waals surface area contributed by atoms with Gasteiger partial charge < -0.3 is 11.1 Å². The molecule has 0 bridgehead atoms. The van der Waals surface area contributed by atoms with Gasteiger partial charge in [-0.3, -0.25) is 10.1 Å². The molecule has 1 aromatic carbocycles. The minimum Gasteiger partial charge on any atom is -0.375 e. The van der Waals surface area contributed by atoms with Crippen LogP contribution in [0.5, 0.6) is 0 Å². The van der Waals surface area contributed by atoms with Gasteiger partial charge in [0.15, 0.2) is 0 Å². The van der Waals surface area contributed by atoms with Gasteiger partial charge in [-0.05, 0) is 31.4 Å². The number of halogens is 1. The first kappa shape index (κ1) is 11.8. The third kappa shape index (κ3) is 2.36. The van der Waals surface area contributed by atoms with Crippen LogP contribution in [0, 0.1) is 15.9 Å². The molecule has 92 valence electrons. The largest absolute Gasteiger partial charge is 0.375 e. The highest BCUT2D eigenvalue weighted by Crippen LogP contribution is 2.30. The van der Waals surface area contributed by atoms with Gasteiger partial charge in [-0.15, -0.1) is 0 Å². The van der Waals surface area contributed by atoms with Crippen LogP contribution in [-0.4, -0.2) is 17.0 Å². The van der Waals surface area contributed by atoms with Crippen molar-refractivity contribution >= 4 is 11.4 Å². The number of benzene rings is 1. The lowest BCUT2D eigenvalue weighted by Crippen LogP contribution is -2.35. The van der Waals surface area contributed by atoms with Crippen LogP contribution in [-0.2, 0) is 0 Å². The summed E-state index contributed by atoms with van der Waals surface area (Å²) >= 11 is 0. The third-order valence-electron chi connectivity index (χ3n) is 3.08. The minimum atomic E-state index is -0.827. The first-order chi connectivity index (χ1) is 8.09. The van der Waals surface area contributed by atoms with Crippen LogP contribution >= 0.6 is 0 Å². The number of hydrogen-bond acceptors (Lipinski definition) is 4. The molecule has 17 heavy (non-hydrogen) atoms. The van der Waals surface area contributed by atoms with E-state index in [4.69, 9.17) is 5.73 Å². The van der Waals surface area contributed by atoms with Crippen LogP contribution in [0.15, 0.2) is 18.2 Å². The molecule has 6 heteroatoms. The van der Waals surface area contributed by atoms with Gasteiger partial charge in [-0.25, -0.2) is 0 Å². The van der Waals surface area contributed by atoms with Gasteiger partial charge in [0.05, 0.1) is 4.92 Å². The smallest absolute Gasteiger partial charge is 0.327 e. The molecule has 5 nitrogen and oxygen atoms in total. The average Bonchev–Trinajstić information content (AvgIpc) is 2.64. The van der Waals surface area contributed by atoms with E-state index in [0.29, 0.717) is 0 Å². The van der Waals surface area contributed by atoms with E-state index in [2.05, 4.69) is 5.32 Å². The molecule has 1 aliphatic rings. The van der Waals surface area contributed by atoms with Crippen molar-refractivity contribution in [2.24, 2.45) is 5.73 Å². The van der Waals surface area contributed by atoms with Crippen molar-refractivity contribution in [2.45, 2.75) is 31.3 Å². The summed E-state index contributed by atoms with van der Waals surface area (Å²) in [6.45, 7) is 0. The van der Waals surface area contributed by atoms with E-state index >= 15 is 0 Å². The molecule has 3 N–H and O–H groups in total. The van der Waals surface area contributed by atoms with Gasteiger partial charge >= 0.3 is 5.69 Å². The van der Waals surface area contributed by atoms with Gasteiger partial charge in [0.25, 0.3) is 0 Å². The Morgan fingerprint density at radius 3 is 2.82 bits per heavy atom. The summed E-state index contributed by atoms with van der Waals surface area (Å²) in [4.78, 5) is 10.1. The van der Waals surface area contributed by atoms with Gasteiger partial charge in [-0.1, -0.05) is 6.07 Å². The van der Waals surface area contributed by atoms with Gasteiger partial charge in [-0.2, -0.15) is 4.39 Å². The summed E-state index contributed by atoms with van der Waals surface area (Å²) < 4.78 is 13.4. The summed E-state index contributed by atoms with van der Waals surface area (Å²) in [6.07, 6.45) is 2.73. The normalized spacial score (nSPS) is 23.6. The van der Waals surface area contributed by atoms with Crippen LogP contribution in [0.1, 0.15) is 19.3 Å². The highest BCUT2D eigenvalue weighted by Gasteiger charge is 2.27. The summed E-state index contributed by atoms with van der Waals surface area (Å²) in [5.74, 6) is -0.827. The molecule has 0 spiro atoms. The highest BCUT2D eigenvalue weighted by molar-refractivity contribution is 5.62. The zero-order valence-electron chi connectivity index (χ0n) is 9.23. The minimum absolute atomic E-state index is 0.0181. The van der Waals surface area contributed by atoms with E-state index in [1.165, 1.54) is 12.1 Å². The van der Waals surface area contributed by atoms with Crippen molar-refractivity contribution in [2.75, 3.05) is 5.32 Å². The number of rotatable bonds is 3. The summed E-state index contributed by atoms with van der Waals surface area (Å²) in [7, 11) is 0. The van der Waals surface area contributed by atoms with Gasteiger partial charge in [0.1, 0.15) is 5.69 Å². The molecular weight excluding hydrogens is 225 g/mol. The van der Waals surface area contributed by atoms with Crippen molar-refractivity contribution in [3.63, 3.8) is 0 Å². The number of nitrogens with one attached hydrogen (secondary N) is 1. The molecule has 1 fully saturated rings. The molecule has 2 unspecified atom stereocenters. The van der Waals surface area contributed by atoms with Crippen molar-refractivity contribution in [3.8, 4) is 0 Å². The van der Waals surface area contributed by atoms with E-state index in [0.717, 1.165) is 25.3 Å². The second-order valence-electron chi connectivity index (χ2n) is 4.24. The van der Waals surface area contributed by atoms with Crippen molar-refractivity contribution in [3.05, 3.63) is 34.1 Å². The Bertz CT molecular complexity index is 439. The molecule has 0 saturated heterocycles. The molecular formula is C11H14FN3O2. The maximum absolute atomic E-state index is 13.4. The molecule has 2 atom stereocenters. The maximum atomic E-state index is 13.4. The zero-order valence-corrected chi connectivity index (χ0v) is 9.23. The fourth-order valence-electron chi connectivity index (χ4n) is 2.19. The summed E-state index contributed by atoms with van der Waals surface area (Å²) in [5, 5.41) is 13.8. The fraction of sp³-hybridized carbons (Fsp3) is 0.455. The van der Waals surface area contributed by atoms with E-state index in [1.54, 1.807) is 0 Å². The number of nitro groups is 1. The second-order valence-corrected chi connectivity index (χ2v) is 4.24. The number of nitrogens with two attached hydrogens (primary N) is 1. The van der Waals surface area contributed by atoms with E-state index in [-0.39, 0.29) is 17.8 Å². The molecule has 1 aliphatic carbocycles. The van der Waals surface area contributed by atoms with Gasteiger partial charge in [0.2, 0.25) is 5.82 Å². The zero-order chi connectivity index (χ0) is 12.4. The standard InChI is InChI=1S/C11H14FN3O2/c12-7-3-1-6-10(11(7)15(16)17)14-9-5-2-4-8(9)13/h1,3,6,8-9,14H,2,4-5,13H2. The Kier molecular flexibility index (Phi) is 3.23. The Labute approximate surface area is 98.0 Å². The summed E-state index contributed by atoms with van der Waals surface area (Å²) in [6, 6.07) is 3.99. The predicted octanol–water partition coefficient (Wildman–Crippen LogP) is 2.03. The molecule has 0 radical (unpaired) electrons. The quantitative estimate of drug-likeness (QED) is 0.624. The fourth-order valence-corrected chi connectivity index (χ4v) is 2.19. The van der Waals surface area contributed by atoms with Crippen LogP contribution < -0.4 is 11.1 Å². The van der Waals surface area contributed by atoms with E-state index in [1.807, 2.05) is 0 Å². The lowest BCUT2D eigenvalue weighted by Gasteiger charge is -2.18. The maximum Gasteiger partial charge on any atom is 0.327 e. The number of nitrogens with zero attached hydrogens (tertiary/aromatic N) is 1. The van der Waals surface area contributed by atoms with Gasteiger partial charge in [0, 0.05) is 12.1 Å². The van der Waals surface area contributed by atoms with Crippen LogP contribution in [0.4, 0.5) is 15.8 Å². The SMILES string of the molecule is NC1CCCC1Nc1cccc(F)c1[N+](=O)[O-]. The van der Waals surface area contributed by atoms with Crippen molar-refractivity contribution in [1.29, 1.82) is 0 Å². The molecule has 0 heterocycles. The van der Waals surface area contributed by atoms with Crippen molar-refractivity contribution in [1.82, 2.24) is 0 Å². The molecule has 0 aliphatic heterocycles. The number of para-hydroxylation sites is 1. The molecule has 2 rings (SSSR count). The second kappa shape index (κ2) is 4.67. The monoisotopic (exact) mass is 239 g/mol. The molecule has 0 amide bonds. The Morgan fingerprint density at radius 1 is 1.47 bits per heavy atom. The van der Waals surface area contributed by atoms with Crippen LogP contribution in [0.3, 0.4) is 0 Å². The van der Waals surface area contributed by atoms with Crippen LogP contribution in [0.2, 0.25) is 0 Å². The van der Waals surface area contributed by atoms with Crippen LogP contribution in [0.25, 0.3) is 0 Å². The number of hydrogen-bond donors (Lipinski definition) is 2. The lowest BCUT2D eigenvalue weighted by atomic mass is 10.1. The predicted molar refractivity (Wildman–Crippen MR) is 62.3 cm³/mol. The lowest BCUT2D eigenvalue weighted by molar-refractivity contribution is -0.386. The van der Waals surface area contributed by atoms with E-state index < -0.39 is 16.4 Å². The highest BCUT2D eigenvalue weighted by atomic mass is 19.1. The average molecular weight is 239 g/mol. The molecule has 1 aromatic rings. The first-order valence-electron chi connectivity index (χ1n) is 5.54. The molecule has 0 aromatic heterocycles. The van der Waals surface area contributed by atoms with E-state index in [9.17, 15) is 14.5 Å². The number of anilines is 1. The Hall–Kier alpha value is -1.69. The number of nitro benzene ring substituents is 1. The summed E-state index contributed by atoms with van der Waals surface area (Å²) in [5.41, 5.74) is 5.56. The first-order valence-corrected chi connectivity index (χ1v) is 5.54. The third-order valence-corrected chi connectivity index (χ3v) is 3.08. The molecule has 1 saturated carbocycles. The topological polar surface area (TPSA) is 81.2 Å². The Balaban J connectivity index is 2.26.